The standard InChI is InChI=1S/C13H17F4N3O/c1-7(2)9-4-8(5-10(18-3)20-9)11(21)19-6-13(16,17)12(14)15/h4-5,7,12H,6H2,1-3H3,(H,18,20)(H,19,21). The third kappa shape index (κ3) is 4.57. The summed E-state index contributed by atoms with van der Waals surface area (Å²) in [6.45, 7) is 2.29. The number of halogens is 4. The Labute approximate surface area is 119 Å². The number of nitrogens with zero attached hydrogens (tertiary/aromatic N) is 1. The van der Waals surface area contributed by atoms with Gasteiger partial charge < -0.3 is 10.6 Å². The van der Waals surface area contributed by atoms with Crippen LogP contribution in [-0.4, -0.2) is 36.8 Å². The van der Waals surface area contributed by atoms with E-state index in [9.17, 15) is 22.4 Å². The van der Waals surface area contributed by atoms with Crippen molar-refractivity contribution >= 4 is 11.7 Å². The Balaban J connectivity index is 2.90. The number of pyridine rings is 1. The number of nitrogens with one attached hydrogen (secondary N) is 2. The molecule has 1 amide bonds. The topological polar surface area (TPSA) is 54.0 Å². The fourth-order valence-electron chi connectivity index (χ4n) is 1.48. The summed E-state index contributed by atoms with van der Waals surface area (Å²) in [5.74, 6) is -4.69. The van der Waals surface area contributed by atoms with Gasteiger partial charge in [0, 0.05) is 18.3 Å². The van der Waals surface area contributed by atoms with Crippen LogP contribution in [0.25, 0.3) is 0 Å². The van der Waals surface area contributed by atoms with Gasteiger partial charge in [-0.25, -0.2) is 13.8 Å². The van der Waals surface area contributed by atoms with Crippen LogP contribution in [0.1, 0.15) is 35.8 Å². The van der Waals surface area contributed by atoms with Crippen LogP contribution < -0.4 is 10.6 Å². The van der Waals surface area contributed by atoms with Crippen molar-refractivity contribution < 1.29 is 22.4 Å². The normalized spacial score (nSPS) is 11.9. The molecule has 8 heteroatoms. The molecule has 1 heterocycles. The average molecular weight is 307 g/mol. The fraction of sp³-hybridized carbons (Fsp3) is 0.538. The van der Waals surface area contributed by atoms with Gasteiger partial charge in [-0.2, -0.15) is 8.78 Å². The Bertz CT molecular complexity index is 506. The van der Waals surface area contributed by atoms with Gasteiger partial charge in [0.1, 0.15) is 5.82 Å². The Hall–Kier alpha value is -1.86. The SMILES string of the molecule is CNc1cc(C(=O)NCC(F)(F)C(F)F)cc(C(C)C)n1. The quantitative estimate of drug-likeness (QED) is 0.795. The highest BCUT2D eigenvalue weighted by molar-refractivity contribution is 5.95. The Morgan fingerprint density at radius 2 is 1.95 bits per heavy atom. The number of rotatable bonds is 6. The molecule has 0 spiro atoms. The van der Waals surface area contributed by atoms with E-state index >= 15 is 0 Å². The molecule has 2 N–H and O–H groups in total. The lowest BCUT2D eigenvalue weighted by Crippen LogP contribution is -2.41. The zero-order valence-electron chi connectivity index (χ0n) is 11.9. The second kappa shape index (κ2) is 6.73. The highest BCUT2D eigenvalue weighted by Crippen LogP contribution is 2.22. The van der Waals surface area contributed by atoms with E-state index in [0.717, 1.165) is 0 Å². The summed E-state index contributed by atoms with van der Waals surface area (Å²) in [5, 5.41) is 4.56. The van der Waals surface area contributed by atoms with E-state index in [2.05, 4.69) is 10.3 Å². The first-order valence-corrected chi connectivity index (χ1v) is 6.31. The molecular formula is C13H17F4N3O. The van der Waals surface area contributed by atoms with Crippen LogP contribution in [0.3, 0.4) is 0 Å². The van der Waals surface area contributed by atoms with E-state index in [-0.39, 0.29) is 11.5 Å². The van der Waals surface area contributed by atoms with Gasteiger partial charge in [-0.05, 0) is 18.1 Å². The molecule has 1 rings (SSSR count). The summed E-state index contributed by atoms with van der Waals surface area (Å²) in [6, 6.07) is 2.81. The van der Waals surface area contributed by atoms with E-state index in [4.69, 9.17) is 0 Å². The van der Waals surface area contributed by atoms with Gasteiger partial charge in [-0.1, -0.05) is 13.8 Å². The summed E-state index contributed by atoms with van der Waals surface area (Å²) < 4.78 is 49.6. The number of hydrogen-bond donors (Lipinski definition) is 2. The summed E-state index contributed by atoms with van der Waals surface area (Å²) in [6.07, 6.45) is -3.82. The van der Waals surface area contributed by atoms with Crippen molar-refractivity contribution in [2.24, 2.45) is 0 Å². The van der Waals surface area contributed by atoms with E-state index < -0.39 is 24.8 Å². The van der Waals surface area contributed by atoms with Gasteiger partial charge in [0.05, 0.1) is 6.54 Å². The molecule has 0 aliphatic rings. The lowest BCUT2D eigenvalue weighted by molar-refractivity contribution is -0.123. The van der Waals surface area contributed by atoms with E-state index in [1.54, 1.807) is 7.05 Å². The lowest BCUT2D eigenvalue weighted by Gasteiger charge is -2.16. The van der Waals surface area contributed by atoms with Crippen LogP contribution in [0, 0.1) is 0 Å². The van der Waals surface area contributed by atoms with Gasteiger partial charge >= 0.3 is 12.3 Å². The van der Waals surface area contributed by atoms with Crippen molar-refractivity contribution in [3.8, 4) is 0 Å². The number of anilines is 1. The first-order chi connectivity index (χ1) is 9.67. The summed E-state index contributed by atoms with van der Waals surface area (Å²) in [4.78, 5) is 16.0. The molecule has 1 aromatic rings. The maximum Gasteiger partial charge on any atom is 0.324 e. The second-order valence-corrected chi connectivity index (χ2v) is 4.82. The zero-order valence-corrected chi connectivity index (χ0v) is 11.9. The van der Waals surface area contributed by atoms with Crippen LogP contribution in [0.5, 0.6) is 0 Å². The van der Waals surface area contributed by atoms with Crippen molar-refractivity contribution in [1.29, 1.82) is 0 Å². The third-order valence-electron chi connectivity index (χ3n) is 2.76. The molecule has 0 atom stereocenters. The molecule has 0 bridgehead atoms. The second-order valence-electron chi connectivity index (χ2n) is 4.82. The maximum absolute atomic E-state index is 12.8. The Morgan fingerprint density at radius 3 is 2.43 bits per heavy atom. The van der Waals surface area contributed by atoms with Crippen molar-refractivity contribution in [2.75, 3.05) is 18.9 Å². The van der Waals surface area contributed by atoms with Crippen LogP contribution >= 0.6 is 0 Å². The van der Waals surface area contributed by atoms with Crippen LogP contribution in [0.2, 0.25) is 0 Å². The van der Waals surface area contributed by atoms with Crippen molar-refractivity contribution in [3.05, 3.63) is 23.4 Å². The summed E-state index contributed by atoms with van der Waals surface area (Å²) in [5.41, 5.74) is 0.677. The highest BCUT2D eigenvalue weighted by atomic mass is 19.3. The third-order valence-corrected chi connectivity index (χ3v) is 2.76. The molecular weight excluding hydrogens is 290 g/mol. The monoisotopic (exact) mass is 307 g/mol. The van der Waals surface area contributed by atoms with Crippen molar-refractivity contribution in [2.45, 2.75) is 32.1 Å². The van der Waals surface area contributed by atoms with Crippen LogP contribution in [0.4, 0.5) is 23.4 Å². The van der Waals surface area contributed by atoms with Crippen LogP contribution in [0.15, 0.2) is 12.1 Å². The first kappa shape index (κ1) is 17.2. The van der Waals surface area contributed by atoms with Gasteiger partial charge in [-0.3, -0.25) is 4.79 Å². The minimum Gasteiger partial charge on any atom is -0.373 e. The largest absolute Gasteiger partial charge is 0.373 e. The Kier molecular flexibility index (Phi) is 5.51. The molecule has 4 nitrogen and oxygen atoms in total. The van der Waals surface area contributed by atoms with E-state index in [0.29, 0.717) is 11.5 Å². The predicted molar refractivity (Wildman–Crippen MR) is 71.2 cm³/mol. The van der Waals surface area contributed by atoms with Crippen LogP contribution in [-0.2, 0) is 0 Å². The van der Waals surface area contributed by atoms with Gasteiger partial charge in [0.15, 0.2) is 0 Å². The fourth-order valence-corrected chi connectivity index (χ4v) is 1.48. The van der Waals surface area contributed by atoms with Crippen molar-refractivity contribution in [3.63, 3.8) is 0 Å². The average Bonchev–Trinajstić information content (AvgIpc) is 2.43. The van der Waals surface area contributed by atoms with Gasteiger partial charge in [-0.15, -0.1) is 0 Å². The summed E-state index contributed by atoms with van der Waals surface area (Å²) >= 11 is 0. The molecule has 0 saturated carbocycles. The number of carbonyl (C=O) groups excluding carboxylic acids is 1. The lowest BCUT2D eigenvalue weighted by atomic mass is 10.1. The number of hydrogen-bond acceptors (Lipinski definition) is 3. The predicted octanol–water partition coefficient (Wildman–Crippen LogP) is 2.88. The number of carbonyl (C=O) groups is 1. The van der Waals surface area contributed by atoms with E-state index in [1.807, 2.05) is 19.2 Å². The van der Waals surface area contributed by atoms with E-state index in [1.165, 1.54) is 12.1 Å². The van der Waals surface area contributed by atoms with Gasteiger partial charge in [0.25, 0.3) is 5.91 Å². The zero-order chi connectivity index (χ0) is 16.2. The number of aromatic nitrogens is 1. The Morgan fingerprint density at radius 1 is 1.33 bits per heavy atom. The van der Waals surface area contributed by atoms with Crippen molar-refractivity contribution in [1.82, 2.24) is 10.3 Å². The summed E-state index contributed by atoms with van der Waals surface area (Å²) in [7, 11) is 1.60. The molecule has 0 aliphatic heterocycles. The van der Waals surface area contributed by atoms with Gasteiger partial charge in [0.2, 0.25) is 0 Å². The number of amides is 1. The highest BCUT2D eigenvalue weighted by Gasteiger charge is 2.40. The number of alkyl halides is 4. The minimum absolute atomic E-state index is 0.0207. The molecule has 118 valence electrons. The molecule has 1 aromatic heterocycles. The first-order valence-electron chi connectivity index (χ1n) is 6.31. The molecule has 0 aromatic carbocycles. The molecule has 0 saturated heterocycles. The minimum atomic E-state index is -4.25. The molecule has 0 radical (unpaired) electrons. The molecule has 0 fully saturated rings. The molecule has 0 aliphatic carbocycles. The molecule has 21 heavy (non-hydrogen) atoms. The smallest absolute Gasteiger partial charge is 0.324 e. The molecule has 0 unspecified atom stereocenters. The maximum atomic E-state index is 12.8.